The molecule has 0 atom stereocenters. The van der Waals surface area contributed by atoms with Crippen molar-refractivity contribution in [3.05, 3.63) is 23.7 Å². The number of Topliss-reactive ketones (excluding diaryl/α,β-unsaturated/α-hetero) is 1. The molecule has 4 nitrogen and oxygen atoms in total. The number of ketones is 1. The number of rotatable bonds is 5. The second-order valence-electron chi connectivity index (χ2n) is 4.95. The molecule has 1 aromatic heterocycles. The first-order chi connectivity index (χ1) is 7.81. The molecule has 1 aromatic rings. The summed E-state index contributed by atoms with van der Waals surface area (Å²) in [7, 11) is 0. The van der Waals surface area contributed by atoms with Crippen molar-refractivity contribution >= 4 is 11.7 Å². The molecule has 0 radical (unpaired) electrons. The molecule has 0 aliphatic rings. The van der Waals surface area contributed by atoms with E-state index in [2.05, 4.69) is 5.32 Å². The van der Waals surface area contributed by atoms with Gasteiger partial charge < -0.3 is 9.73 Å². The van der Waals surface area contributed by atoms with Crippen LogP contribution >= 0.6 is 0 Å². The van der Waals surface area contributed by atoms with Gasteiger partial charge in [-0.3, -0.25) is 9.59 Å². The highest BCUT2D eigenvalue weighted by Gasteiger charge is 2.24. The minimum absolute atomic E-state index is 0.0622. The van der Waals surface area contributed by atoms with E-state index in [9.17, 15) is 9.59 Å². The number of amides is 1. The molecule has 0 fully saturated rings. The van der Waals surface area contributed by atoms with Gasteiger partial charge in [-0.25, -0.2) is 0 Å². The maximum atomic E-state index is 11.4. The first kappa shape index (κ1) is 13.5. The Balaban J connectivity index is 2.55. The Morgan fingerprint density at radius 2 is 2.00 bits per heavy atom. The molecule has 0 saturated heterocycles. The predicted octanol–water partition coefficient (Wildman–Crippen LogP) is 1.96. The van der Waals surface area contributed by atoms with E-state index >= 15 is 0 Å². The quantitative estimate of drug-likeness (QED) is 0.796. The molecule has 0 spiro atoms. The summed E-state index contributed by atoms with van der Waals surface area (Å²) in [4.78, 5) is 22.1. The van der Waals surface area contributed by atoms with Crippen LogP contribution in [0, 0.1) is 6.92 Å². The van der Waals surface area contributed by atoms with Crippen molar-refractivity contribution in [2.75, 3.05) is 6.54 Å². The van der Waals surface area contributed by atoms with Crippen molar-refractivity contribution in [1.82, 2.24) is 5.32 Å². The molecule has 94 valence electrons. The zero-order valence-electron chi connectivity index (χ0n) is 10.8. The van der Waals surface area contributed by atoms with Crippen LogP contribution in [0.25, 0.3) is 0 Å². The standard InChI is InChI=1S/C13H19NO3/c1-9(15)7-12(16)14-8-13(3,4)11-6-5-10(2)17-11/h5-6H,7-8H2,1-4H3,(H,14,16). The smallest absolute Gasteiger partial charge is 0.227 e. The van der Waals surface area contributed by atoms with Crippen LogP contribution in [-0.4, -0.2) is 18.2 Å². The molecule has 1 heterocycles. The van der Waals surface area contributed by atoms with Gasteiger partial charge in [0.15, 0.2) is 0 Å². The van der Waals surface area contributed by atoms with E-state index in [1.165, 1.54) is 6.92 Å². The fourth-order valence-corrected chi connectivity index (χ4v) is 1.49. The number of hydrogen-bond acceptors (Lipinski definition) is 3. The molecular weight excluding hydrogens is 218 g/mol. The van der Waals surface area contributed by atoms with Gasteiger partial charge in [-0.1, -0.05) is 13.8 Å². The molecule has 0 aliphatic heterocycles. The Bertz CT molecular complexity index is 418. The van der Waals surface area contributed by atoms with Gasteiger partial charge >= 0.3 is 0 Å². The lowest BCUT2D eigenvalue weighted by molar-refractivity contribution is -0.127. The third kappa shape index (κ3) is 4.06. The van der Waals surface area contributed by atoms with Crippen molar-refractivity contribution in [2.45, 2.75) is 39.5 Å². The third-order valence-electron chi connectivity index (χ3n) is 2.54. The molecule has 0 aromatic carbocycles. The minimum Gasteiger partial charge on any atom is -0.466 e. The largest absolute Gasteiger partial charge is 0.466 e. The van der Waals surface area contributed by atoms with Crippen LogP contribution in [0.3, 0.4) is 0 Å². The van der Waals surface area contributed by atoms with Gasteiger partial charge in [0.1, 0.15) is 17.3 Å². The molecule has 4 heteroatoms. The summed E-state index contributed by atoms with van der Waals surface area (Å²) in [5, 5.41) is 2.74. The molecular formula is C13H19NO3. The van der Waals surface area contributed by atoms with Crippen LogP contribution in [0.4, 0.5) is 0 Å². The Kier molecular flexibility index (Phi) is 4.10. The number of nitrogens with one attached hydrogen (secondary N) is 1. The predicted molar refractivity (Wildman–Crippen MR) is 64.8 cm³/mol. The molecule has 1 rings (SSSR count). The maximum absolute atomic E-state index is 11.4. The van der Waals surface area contributed by atoms with Crippen LogP contribution in [0.15, 0.2) is 16.5 Å². The lowest BCUT2D eigenvalue weighted by atomic mass is 9.90. The van der Waals surface area contributed by atoms with Gasteiger partial charge in [0, 0.05) is 12.0 Å². The zero-order chi connectivity index (χ0) is 13.1. The molecule has 0 unspecified atom stereocenters. The summed E-state index contributed by atoms with van der Waals surface area (Å²) in [6.45, 7) is 7.71. The monoisotopic (exact) mass is 237 g/mol. The van der Waals surface area contributed by atoms with Gasteiger partial charge in [0.25, 0.3) is 0 Å². The Hall–Kier alpha value is -1.58. The van der Waals surface area contributed by atoms with E-state index in [0.717, 1.165) is 11.5 Å². The number of carbonyl (C=O) groups is 2. The summed E-state index contributed by atoms with van der Waals surface area (Å²) in [5.41, 5.74) is -0.277. The first-order valence-corrected chi connectivity index (χ1v) is 5.64. The van der Waals surface area contributed by atoms with Crippen LogP contribution < -0.4 is 5.32 Å². The fraction of sp³-hybridized carbons (Fsp3) is 0.538. The van der Waals surface area contributed by atoms with Crippen LogP contribution in [0.1, 0.15) is 38.7 Å². The summed E-state index contributed by atoms with van der Waals surface area (Å²) in [6, 6.07) is 3.81. The van der Waals surface area contributed by atoms with Crippen molar-refractivity contribution in [3.63, 3.8) is 0 Å². The van der Waals surface area contributed by atoms with E-state index in [4.69, 9.17) is 4.42 Å². The average Bonchev–Trinajstić information content (AvgIpc) is 2.62. The van der Waals surface area contributed by atoms with Crippen molar-refractivity contribution in [2.24, 2.45) is 0 Å². The van der Waals surface area contributed by atoms with Crippen molar-refractivity contribution in [1.29, 1.82) is 0 Å². The van der Waals surface area contributed by atoms with Gasteiger partial charge in [0.2, 0.25) is 5.91 Å². The molecule has 17 heavy (non-hydrogen) atoms. The van der Waals surface area contributed by atoms with Gasteiger partial charge in [-0.15, -0.1) is 0 Å². The van der Waals surface area contributed by atoms with E-state index < -0.39 is 0 Å². The Morgan fingerprint density at radius 3 is 2.47 bits per heavy atom. The summed E-state index contributed by atoms with van der Waals surface area (Å²) in [6.07, 6.45) is -0.0622. The molecule has 1 N–H and O–H groups in total. The molecule has 0 aliphatic carbocycles. The third-order valence-corrected chi connectivity index (χ3v) is 2.54. The molecule has 0 saturated carbocycles. The van der Waals surface area contributed by atoms with Crippen LogP contribution in [0.2, 0.25) is 0 Å². The second-order valence-corrected chi connectivity index (χ2v) is 4.95. The van der Waals surface area contributed by atoms with Gasteiger partial charge in [-0.05, 0) is 26.0 Å². The van der Waals surface area contributed by atoms with Gasteiger partial charge in [-0.2, -0.15) is 0 Å². The van der Waals surface area contributed by atoms with Crippen LogP contribution in [-0.2, 0) is 15.0 Å². The first-order valence-electron chi connectivity index (χ1n) is 5.64. The van der Waals surface area contributed by atoms with Crippen molar-refractivity contribution < 1.29 is 14.0 Å². The van der Waals surface area contributed by atoms with E-state index in [0.29, 0.717) is 6.54 Å². The minimum atomic E-state index is -0.277. The number of furan rings is 1. The summed E-state index contributed by atoms with van der Waals surface area (Å²) < 4.78 is 5.54. The Labute approximate surface area is 101 Å². The molecule has 1 amide bonds. The van der Waals surface area contributed by atoms with Gasteiger partial charge in [0.05, 0.1) is 6.42 Å². The number of carbonyl (C=O) groups excluding carboxylic acids is 2. The second kappa shape index (κ2) is 5.17. The normalized spacial score (nSPS) is 11.3. The van der Waals surface area contributed by atoms with E-state index in [1.54, 1.807) is 0 Å². The number of hydrogen-bond donors (Lipinski definition) is 1. The highest BCUT2D eigenvalue weighted by molar-refractivity contribution is 5.96. The Morgan fingerprint density at radius 1 is 1.35 bits per heavy atom. The zero-order valence-corrected chi connectivity index (χ0v) is 10.8. The highest BCUT2D eigenvalue weighted by Crippen LogP contribution is 2.24. The lowest BCUT2D eigenvalue weighted by Gasteiger charge is -2.22. The lowest BCUT2D eigenvalue weighted by Crippen LogP contribution is -2.37. The maximum Gasteiger partial charge on any atom is 0.227 e. The van der Waals surface area contributed by atoms with E-state index in [1.807, 2.05) is 32.9 Å². The van der Waals surface area contributed by atoms with Crippen molar-refractivity contribution in [3.8, 4) is 0 Å². The molecule has 0 bridgehead atoms. The number of aryl methyl sites for hydroxylation is 1. The van der Waals surface area contributed by atoms with E-state index in [-0.39, 0.29) is 23.5 Å². The van der Waals surface area contributed by atoms with Crippen LogP contribution in [0.5, 0.6) is 0 Å². The fourth-order valence-electron chi connectivity index (χ4n) is 1.49. The summed E-state index contributed by atoms with van der Waals surface area (Å²) >= 11 is 0. The topological polar surface area (TPSA) is 59.3 Å². The SMILES string of the molecule is CC(=O)CC(=O)NCC(C)(C)c1ccc(C)o1. The highest BCUT2D eigenvalue weighted by atomic mass is 16.3. The average molecular weight is 237 g/mol. The summed E-state index contributed by atoms with van der Waals surface area (Å²) in [5.74, 6) is 1.31.